The van der Waals surface area contributed by atoms with Crippen LogP contribution in [0.2, 0.25) is 0 Å². The number of hydrogen-bond donors (Lipinski definition) is 0. The Labute approximate surface area is 293 Å². The van der Waals surface area contributed by atoms with Crippen LogP contribution in [0, 0.1) is 14.1 Å². The van der Waals surface area contributed by atoms with E-state index in [0.29, 0.717) is 0 Å². The predicted octanol–water partition coefficient (Wildman–Crippen LogP) is 8.80. The molecule has 4 heteroatoms. The summed E-state index contributed by atoms with van der Waals surface area (Å²) in [6.45, 7) is 11.7. The minimum atomic E-state index is -0.0574. The fourth-order valence-corrected chi connectivity index (χ4v) is 9.95. The monoisotopic (exact) mass is 648 g/mol. The molecule has 0 radical (unpaired) electrons. The highest BCUT2D eigenvalue weighted by molar-refractivity contribution is 6.31. The smallest absolute Gasteiger partial charge is 0.117 e. The molecule has 6 aromatic rings. The van der Waals surface area contributed by atoms with Crippen molar-refractivity contribution in [2.45, 2.75) is 53.6 Å². The van der Waals surface area contributed by atoms with Crippen LogP contribution in [0.15, 0.2) is 97.1 Å². The van der Waals surface area contributed by atoms with Gasteiger partial charge in [-0.05, 0) is 78.2 Å². The molecule has 0 saturated carbocycles. The number of nitrogens with zero attached hydrogens (tertiary/aromatic N) is 4. The first-order valence-corrected chi connectivity index (χ1v) is 17.9. The summed E-state index contributed by atoms with van der Waals surface area (Å²) >= 11 is 0. The molecule has 4 nitrogen and oxygen atoms in total. The van der Waals surface area contributed by atoms with E-state index in [2.05, 4.69) is 150 Å². The van der Waals surface area contributed by atoms with Crippen molar-refractivity contribution in [3.63, 3.8) is 0 Å². The largest absolute Gasteiger partial charge is 0.326 e. The Bertz CT molecular complexity index is 2820. The van der Waals surface area contributed by atoms with Crippen molar-refractivity contribution < 1.29 is 9.15 Å². The second kappa shape index (κ2) is 10.1. The molecule has 4 aromatic carbocycles. The molecule has 0 amide bonds. The molecule has 0 aliphatic carbocycles. The standard InChI is InChI=1S/C46H40N4/c1-8-29-43-35-22-14-15-23-36(35)44(48(43)7)30(9-2)46-38-25-17-13-21-34(38)42-27(4)40-32-19-11-10-18-31(32)39(47(40)6)26(3)41-33-20-12-16-24-37(33)45(29)49(41)28(5)50(42)46/h10-25,28H,6-9H2,1-5H3. The number of benzene rings is 4. The Morgan fingerprint density at radius 3 is 1.62 bits per heavy atom. The zero-order valence-electron chi connectivity index (χ0n) is 29.4. The molecule has 50 heavy (non-hydrogen) atoms. The molecule has 244 valence electrons. The number of rotatable bonds is 2. The van der Waals surface area contributed by atoms with Crippen molar-refractivity contribution in [3.05, 3.63) is 155 Å². The maximum Gasteiger partial charge on any atom is 0.117 e. The third-order valence-electron chi connectivity index (χ3n) is 11.8. The predicted molar refractivity (Wildman–Crippen MR) is 208 cm³/mol. The highest BCUT2D eigenvalue weighted by Crippen LogP contribution is 2.47. The lowest BCUT2D eigenvalue weighted by Gasteiger charge is -2.29. The Morgan fingerprint density at radius 2 is 1.00 bits per heavy atom. The molecule has 10 rings (SSSR count). The van der Waals surface area contributed by atoms with Gasteiger partial charge in [0.1, 0.15) is 29.0 Å². The molecule has 1 atom stereocenters. The third kappa shape index (κ3) is 3.36. The number of aromatic nitrogens is 2. The molecule has 0 spiro atoms. The molecular formula is C46H40N4. The van der Waals surface area contributed by atoms with E-state index in [9.17, 15) is 0 Å². The van der Waals surface area contributed by atoms with Crippen LogP contribution in [0.25, 0.3) is 55.2 Å². The lowest BCUT2D eigenvalue weighted by atomic mass is 9.94. The fraction of sp³-hybridized carbons (Fsp3) is 0.174. The summed E-state index contributed by atoms with van der Waals surface area (Å²) in [5.41, 5.74) is 17.3. The van der Waals surface area contributed by atoms with Crippen LogP contribution in [0.1, 0.15) is 87.3 Å². The van der Waals surface area contributed by atoms with Crippen molar-refractivity contribution in [3.8, 4) is 0 Å². The van der Waals surface area contributed by atoms with Gasteiger partial charge in [0.2, 0.25) is 0 Å². The average molecular weight is 649 g/mol. The summed E-state index contributed by atoms with van der Waals surface area (Å²) in [7, 11) is 9.70. The zero-order valence-corrected chi connectivity index (χ0v) is 29.4. The summed E-state index contributed by atoms with van der Waals surface area (Å²) in [5, 5.41) is 7.57. The molecule has 0 fully saturated rings. The molecule has 0 saturated heterocycles. The molecule has 0 N–H and O–H groups in total. The Hall–Kier alpha value is -5.74. The van der Waals surface area contributed by atoms with Gasteiger partial charge >= 0.3 is 0 Å². The summed E-state index contributed by atoms with van der Waals surface area (Å²) in [5.74, 6) is 0. The van der Waals surface area contributed by atoms with Crippen molar-refractivity contribution in [2.24, 2.45) is 0 Å². The second-order valence-electron chi connectivity index (χ2n) is 14.1. The van der Waals surface area contributed by atoms with Crippen LogP contribution < -0.4 is 10.7 Å². The normalized spacial score (nSPS) is 17.8. The van der Waals surface area contributed by atoms with E-state index in [1.807, 2.05) is 0 Å². The topological polar surface area (TPSA) is 15.9 Å². The first-order chi connectivity index (χ1) is 24.4. The molecule has 1 unspecified atom stereocenters. The van der Waals surface area contributed by atoms with Crippen molar-refractivity contribution >= 4 is 66.7 Å². The van der Waals surface area contributed by atoms with E-state index in [0.717, 1.165) is 12.8 Å². The van der Waals surface area contributed by atoms with E-state index in [4.69, 9.17) is 14.1 Å². The molecule has 6 heterocycles. The Kier molecular flexibility index (Phi) is 5.93. The van der Waals surface area contributed by atoms with Gasteiger partial charge < -0.3 is 18.3 Å². The highest BCUT2D eigenvalue weighted by Gasteiger charge is 2.37. The van der Waals surface area contributed by atoms with Gasteiger partial charge in [-0.25, -0.2) is 0 Å². The number of allylic oxidation sites excluding steroid dienone is 2. The van der Waals surface area contributed by atoms with Crippen LogP contribution in [0.3, 0.4) is 0 Å². The van der Waals surface area contributed by atoms with E-state index in [-0.39, 0.29) is 6.17 Å². The maximum atomic E-state index is 4.88. The third-order valence-corrected chi connectivity index (χ3v) is 11.8. The van der Waals surface area contributed by atoms with Gasteiger partial charge in [-0.15, -0.1) is 0 Å². The van der Waals surface area contributed by atoms with Crippen molar-refractivity contribution in [1.29, 1.82) is 0 Å². The fourth-order valence-electron chi connectivity index (χ4n) is 9.95. The Balaban J connectivity index is 1.61. The van der Waals surface area contributed by atoms with E-state index < -0.39 is 0 Å². The van der Waals surface area contributed by atoms with E-state index in [1.54, 1.807) is 0 Å². The van der Waals surface area contributed by atoms with Crippen molar-refractivity contribution in [1.82, 2.24) is 9.13 Å². The van der Waals surface area contributed by atoms with E-state index >= 15 is 0 Å². The molecular weight excluding hydrogens is 609 g/mol. The van der Waals surface area contributed by atoms with Crippen LogP contribution in [-0.2, 0) is 0 Å². The van der Waals surface area contributed by atoms with Gasteiger partial charge in [-0.3, -0.25) is 0 Å². The van der Waals surface area contributed by atoms with Crippen LogP contribution in [-0.4, -0.2) is 29.7 Å². The van der Waals surface area contributed by atoms with Gasteiger partial charge in [0.25, 0.3) is 0 Å². The van der Waals surface area contributed by atoms with Gasteiger partial charge in [-0.1, -0.05) is 111 Å². The highest BCUT2D eigenvalue weighted by atomic mass is 15.2. The minimum absolute atomic E-state index is 0.0574. The molecule has 6 bridgehead atoms. The Morgan fingerprint density at radius 1 is 0.520 bits per heavy atom. The molecule has 4 aliphatic heterocycles. The van der Waals surface area contributed by atoms with E-state index in [1.165, 1.54) is 111 Å². The SMILES string of the molecule is [CH2-][N+]1=C2C(C)=c3c4ccccc4c4n3C(C)n3c(c5ccccc5c3C(CC)=C3c5ccccc5C(=[N+]3[CH2-])C=4CC)C(C)=C1c1ccccc12. The van der Waals surface area contributed by atoms with Crippen LogP contribution >= 0.6 is 0 Å². The van der Waals surface area contributed by atoms with Gasteiger partial charge in [0.15, 0.2) is 0 Å². The quantitative estimate of drug-likeness (QED) is 0.132. The maximum absolute atomic E-state index is 4.88. The number of fused-ring (bicyclic) bond motifs is 14. The second-order valence-corrected chi connectivity index (χ2v) is 14.1. The summed E-state index contributed by atoms with van der Waals surface area (Å²) in [6, 6.07) is 35.9. The summed E-state index contributed by atoms with van der Waals surface area (Å²) < 4.78 is 9.84. The minimum Gasteiger partial charge on any atom is -0.326 e. The summed E-state index contributed by atoms with van der Waals surface area (Å²) in [4.78, 5) is 0. The number of hydrogen-bond acceptors (Lipinski definition) is 0. The first-order valence-electron chi connectivity index (χ1n) is 17.9. The lowest BCUT2D eigenvalue weighted by molar-refractivity contribution is -0.352. The first kappa shape index (κ1) is 29.2. The molecule has 4 aliphatic rings. The lowest BCUT2D eigenvalue weighted by Crippen LogP contribution is -2.39. The van der Waals surface area contributed by atoms with Gasteiger partial charge in [-0.2, -0.15) is 0 Å². The van der Waals surface area contributed by atoms with Crippen LogP contribution in [0.4, 0.5) is 0 Å². The molecule has 2 aromatic heterocycles. The summed E-state index contributed by atoms with van der Waals surface area (Å²) in [6.07, 6.45) is 1.67. The van der Waals surface area contributed by atoms with Crippen LogP contribution in [0.5, 0.6) is 0 Å². The van der Waals surface area contributed by atoms with Crippen molar-refractivity contribution in [2.75, 3.05) is 0 Å². The zero-order chi connectivity index (χ0) is 34.2. The van der Waals surface area contributed by atoms with Gasteiger partial charge in [0.05, 0.1) is 0 Å². The van der Waals surface area contributed by atoms with Gasteiger partial charge in [0, 0.05) is 57.7 Å². The average Bonchev–Trinajstić information content (AvgIpc) is 3.83.